The number of alkyl halides is 1. The normalized spacial score (nSPS) is 11.1. The lowest BCUT2D eigenvalue weighted by Gasteiger charge is -2.03. The average molecular weight is 349 g/mol. The number of rotatable bonds is 5. The molecule has 0 aliphatic heterocycles. The Balaban J connectivity index is 1.90. The second-order valence-corrected chi connectivity index (χ2v) is 6.18. The summed E-state index contributed by atoms with van der Waals surface area (Å²) in [5, 5.41) is 7.68. The minimum Gasteiger partial charge on any atom is -0.268 e. The van der Waals surface area contributed by atoms with Crippen molar-refractivity contribution in [1.82, 2.24) is 14.8 Å². The Bertz CT molecular complexity index is 535. The molecule has 6 heteroatoms. The number of hydrogen-bond acceptors (Lipinski definition) is 3. The van der Waals surface area contributed by atoms with Gasteiger partial charge in [-0.3, -0.25) is 4.68 Å². The molecule has 0 atom stereocenters. The van der Waals surface area contributed by atoms with Gasteiger partial charge >= 0.3 is 0 Å². The van der Waals surface area contributed by atoms with Gasteiger partial charge in [-0.15, -0.1) is 22.9 Å². The fraction of sp³-hybridized carbons (Fsp3) is 0.500. The Kier molecular flexibility index (Phi) is 4.81. The van der Waals surface area contributed by atoms with E-state index in [1.54, 1.807) is 11.3 Å². The van der Waals surface area contributed by atoms with Crippen molar-refractivity contribution in [3.05, 3.63) is 31.9 Å². The lowest BCUT2D eigenvalue weighted by molar-refractivity contribution is 0.561. The van der Waals surface area contributed by atoms with Crippen LogP contribution in [-0.4, -0.2) is 14.8 Å². The quantitative estimate of drug-likeness (QED) is 0.762. The highest BCUT2D eigenvalue weighted by Crippen LogP contribution is 2.20. The van der Waals surface area contributed by atoms with E-state index in [9.17, 15) is 0 Å². The summed E-state index contributed by atoms with van der Waals surface area (Å²) in [5.41, 5.74) is 3.21. The van der Waals surface area contributed by atoms with E-state index in [0.717, 1.165) is 40.3 Å². The zero-order valence-corrected chi connectivity index (χ0v) is 13.6. The molecule has 2 rings (SSSR count). The zero-order valence-electron chi connectivity index (χ0n) is 10.4. The summed E-state index contributed by atoms with van der Waals surface area (Å²) in [6, 6.07) is 0. The van der Waals surface area contributed by atoms with Crippen LogP contribution in [0.25, 0.3) is 0 Å². The van der Waals surface area contributed by atoms with E-state index < -0.39 is 0 Å². The maximum absolute atomic E-state index is 5.74. The number of thiazole rings is 1. The van der Waals surface area contributed by atoms with Crippen LogP contribution in [-0.2, 0) is 18.8 Å². The molecule has 0 unspecified atom stereocenters. The standard InChI is InChI=1S/C12H15BrClN3S/c1-8-12(13)9(2)17(16-8)5-3-4-11-15-10(6-14)7-18-11/h7H,3-6H2,1-2H3. The molecule has 0 N–H and O–H groups in total. The highest BCUT2D eigenvalue weighted by Gasteiger charge is 2.08. The van der Waals surface area contributed by atoms with Crippen LogP contribution < -0.4 is 0 Å². The molecule has 18 heavy (non-hydrogen) atoms. The molecule has 2 aromatic heterocycles. The van der Waals surface area contributed by atoms with Gasteiger partial charge in [-0.2, -0.15) is 5.10 Å². The van der Waals surface area contributed by atoms with Gasteiger partial charge < -0.3 is 0 Å². The van der Waals surface area contributed by atoms with E-state index in [4.69, 9.17) is 11.6 Å². The molecule has 2 aromatic rings. The average Bonchev–Trinajstić information content (AvgIpc) is 2.91. The van der Waals surface area contributed by atoms with E-state index in [-0.39, 0.29) is 0 Å². The summed E-state index contributed by atoms with van der Waals surface area (Å²) in [4.78, 5) is 4.45. The third-order valence-electron chi connectivity index (χ3n) is 2.79. The summed E-state index contributed by atoms with van der Waals surface area (Å²) >= 11 is 11.0. The fourth-order valence-corrected chi connectivity index (χ4v) is 3.15. The van der Waals surface area contributed by atoms with Crippen molar-refractivity contribution >= 4 is 38.9 Å². The third-order valence-corrected chi connectivity index (χ3v) is 5.17. The van der Waals surface area contributed by atoms with Crippen LogP contribution in [0.1, 0.15) is 28.5 Å². The maximum Gasteiger partial charge on any atom is 0.0929 e. The minimum absolute atomic E-state index is 0.501. The molecule has 3 nitrogen and oxygen atoms in total. The molecule has 98 valence electrons. The summed E-state index contributed by atoms with van der Waals surface area (Å²) < 4.78 is 3.16. The van der Waals surface area contributed by atoms with E-state index in [2.05, 4.69) is 37.6 Å². The van der Waals surface area contributed by atoms with Crippen LogP contribution in [0.4, 0.5) is 0 Å². The smallest absolute Gasteiger partial charge is 0.0929 e. The highest BCUT2D eigenvalue weighted by atomic mass is 79.9. The molecule has 0 aromatic carbocycles. The summed E-state index contributed by atoms with van der Waals surface area (Å²) in [5.74, 6) is 0.501. The van der Waals surface area contributed by atoms with Gasteiger partial charge in [0.05, 0.1) is 26.7 Å². The monoisotopic (exact) mass is 347 g/mol. The molecule has 0 aliphatic carbocycles. The molecule has 0 radical (unpaired) electrons. The second kappa shape index (κ2) is 6.17. The molecule has 0 saturated carbocycles. The zero-order chi connectivity index (χ0) is 13.1. The summed E-state index contributed by atoms with van der Waals surface area (Å²) in [6.45, 7) is 5.02. The van der Waals surface area contributed by atoms with E-state index >= 15 is 0 Å². The SMILES string of the molecule is Cc1nn(CCCc2nc(CCl)cs2)c(C)c1Br. The number of aryl methyl sites for hydroxylation is 3. The van der Waals surface area contributed by atoms with E-state index in [1.165, 1.54) is 5.69 Å². The number of nitrogens with zero attached hydrogens (tertiary/aromatic N) is 3. The van der Waals surface area contributed by atoms with Crippen molar-refractivity contribution in [2.45, 2.75) is 39.1 Å². The van der Waals surface area contributed by atoms with Crippen molar-refractivity contribution in [3.63, 3.8) is 0 Å². The van der Waals surface area contributed by atoms with Gasteiger partial charge in [-0.1, -0.05) is 0 Å². The van der Waals surface area contributed by atoms with Crippen LogP contribution in [0.15, 0.2) is 9.85 Å². The molecule has 0 spiro atoms. The Hall–Kier alpha value is -0.390. The van der Waals surface area contributed by atoms with E-state index in [1.807, 2.05) is 12.3 Å². The summed E-state index contributed by atoms with van der Waals surface area (Å²) in [7, 11) is 0. The number of halogens is 2. The number of aromatic nitrogens is 3. The van der Waals surface area contributed by atoms with Gasteiger partial charge in [-0.25, -0.2) is 4.98 Å². The molecule has 0 amide bonds. The first kappa shape index (κ1) is 14.0. The number of hydrogen-bond donors (Lipinski definition) is 0. The highest BCUT2D eigenvalue weighted by molar-refractivity contribution is 9.10. The van der Waals surface area contributed by atoms with Gasteiger partial charge in [-0.05, 0) is 36.2 Å². The van der Waals surface area contributed by atoms with Crippen LogP contribution in [0, 0.1) is 13.8 Å². The van der Waals surface area contributed by atoms with Gasteiger partial charge in [0.25, 0.3) is 0 Å². The molecular formula is C12H15BrClN3S. The first-order valence-corrected chi connectivity index (χ1v) is 8.01. The first-order chi connectivity index (χ1) is 8.61. The fourth-order valence-electron chi connectivity index (χ4n) is 1.80. The Labute approximate surface area is 124 Å². The van der Waals surface area contributed by atoms with Gasteiger partial charge in [0.1, 0.15) is 0 Å². The largest absolute Gasteiger partial charge is 0.268 e. The van der Waals surface area contributed by atoms with E-state index in [0.29, 0.717) is 5.88 Å². The van der Waals surface area contributed by atoms with Crippen LogP contribution in [0.3, 0.4) is 0 Å². The van der Waals surface area contributed by atoms with Gasteiger partial charge in [0.2, 0.25) is 0 Å². The third kappa shape index (κ3) is 3.13. The van der Waals surface area contributed by atoms with Crippen molar-refractivity contribution in [3.8, 4) is 0 Å². The van der Waals surface area contributed by atoms with Crippen molar-refractivity contribution in [2.24, 2.45) is 0 Å². The first-order valence-electron chi connectivity index (χ1n) is 5.80. The predicted octanol–water partition coefficient (Wildman–Crippen LogP) is 4.09. The van der Waals surface area contributed by atoms with Gasteiger partial charge in [0.15, 0.2) is 0 Å². The lowest BCUT2D eigenvalue weighted by atomic mass is 10.3. The van der Waals surface area contributed by atoms with Crippen LogP contribution >= 0.6 is 38.9 Å². The van der Waals surface area contributed by atoms with Crippen molar-refractivity contribution in [2.75, 3.05) is 0 Å². The Morgan fingerprint density at radius 2 is 2.22 bits per heavy atom. The Morgan fingerprint density at radius 3 is 2.78 bits per heavy atom. The second-order valence-electron chi connectivity index (χ2n) is 4.18. The molecule has 0 fully saturated rings. The topological polar surface area (TPSA) is 30.7 Å². The Morgan fingerprint density at radius 1 is 1.44 bits per heavy atom. The molecule has 2 heterocycles. The van der Waals surface area contributed by atoms with Crippen molar-refractivity contribution < 1.29 is 0 Å². The lowest BCUT2D eigenvalue weighted by Crippen LogP contribution is -2.03. The van der Waals surface area contributed by atoms with Gasteiger partial charge in [0, 0.05) is 24.0 Å². The van der Waals surface area contributed by atoms with Crippen molar-refractivity contribution in [1.29, 1.82) is 0 Å². The molecular weight excluding hydrogens is 334 g/mol. The molecule has 0 aliphatic rings. The molecule has 0 bridgehead atoms. The predicted molar refractivity (Wildman–Crippen MR) is 79.4 cm³/mol. The van der Waals surface area contributed by atoms with Crippen LogP contribution in [0.5, 0.6) is 0 Å². The maximum atomic E-state index is 5.74. The van der Waals surface area contributed by atoms with Crippen LogP contribution in [0.2, 0.25) is 0 Å². The molecule has 0 saturated heterocycles. The minimum atomic E-state index is 0.501. The summed E-state index contributed by atoms with van der Waals surface area (Å²) in [6.07, 6.45) is 2.03.